The molecule has 0 bridgehead atoms. The Hall–Kier alpha value is -0.870. The van der Waals surface area contributed by atoms with Gasteiger partial charge in [-0.3, -0.25) is 0 Å². The molecule has 0 amide bonds. The Morgan fingerprint density at radius 3 is 2.60 bits per heavy atom. The van der Waals surface area contributed by atoms with E-state index in [2.05, 4.69) is 35.5 Å². The zero-order chi connectivity index (χ0) is 11.3. The predicted molar refractivity (Wildman–Crippen MR) is 54.1 cm³/mol. The summed E-state index contributed by atoms with van der Waals surface area (Å²) >= 11 is 1.04. The molecule has 0 aliphatic rings. The second-order valence-electron chi connectivity index (χ2n) is 2.26. The van der Waals surface area contributed by atoms with Gasteiger partial charge in [0, 0.05) is 38.7 Å². The lowest BCUT2D eigenvalue weighted by molar-refractivity contribution is 0.288. The van der Waals surface area contributed by atoms with Gasteiger partial charge in [0.05, 0.1) is 0 Å². The van der Waals surface area contributed by atoms with Gasteiger partial charge in [0.15, 0.2) is 0 Å². The SMILES string of the molecule is COP(=O)(C#CSc1nnnn1C)OC. The van der Waals surface area contributed by atoms with Gasteiger partial charge in [0.1, 0.15) is 0 Å². The van der Waals surface area contributed by atoms with E-state index in [9.17, 15) is 4.57 Å². The average molecular weight is 248 g/mol. The summed E-state index contributed by atoms with van der Waals surface area (Å²) in [6.45, 7) is 0. The zero-order valence-electron chi connectivity index (χ0n) is 8.37. The van der Waals surface area contributed by atoms with Crippen LogP contribution >= 0.6 is 19.4 Å². The Kier molecular flexibility index (Phi) is 4.29. The second kappa shape index (κ2) is 5.28. The quantitative estimate of drug-likeness (QED) is 0.442. The fourth-order valence-electron chi connectivity index (χ4n) is 0.598. The molecule has 0 aliphatic carbocycles. The lowest BCUT2D eigenvalue weighted by Crippen LogP contribution is -1.91. The van der Waals surface area contributed by atoms with Crippen molar-refractivity contribution in [1.29, 1.82) is 0 Å². The van der Waals surface area contributed by atoms with Crippen LogP contribution in [0.5, 0.6) is 0 Å². The molecule has 82 valence electrons. The molecule has 9 heteroatoms. The van der Waals surface area contributed by atoms with Gasteiger partial charge in [-0.2, -0.15) is 0 Å². The van der Waals surface area contributed by atoms with Crippen molar-refractivity contribution in [3.05, 3.63) is 0 Å². The van der Waals surface area contributed by atoms with Crippen LogP contribution in [0.4, 0.5) is 0 Å². The molecule has 0 saturated heterocycles. The number of nitrogens with zero attached hydrogens (tertiary/aromatic N) is 4. The lowest BCUT2D eigenvalue weighted by Gasteiger charge is -2.03. The normalized spacial score (nSPS) is 10.9. The lowest BCUT2D eigenvalue weighted by atomic mass is 11.2. The van der Waals surface area contributed by atoms with E-state index in [0.29, 0.717) is 5.16 Å². The first-order valence-electron chi connectivity index (χ1n) is 3.74. The van der Waals surface area contributed by atoms with Crippen molar-refractivity contribution in [3.8, 4) is 10.9 Å². The molecule has 1 aromatic heterocycles. The third-order valence-electron chi connectivity index (χ3n) is 1.39. The fourth-order valence-corrected chi connectivity index (χ4v) is 1.90. The fraction of sp³-hybridized carbons (Fsp3) is 0.500. The van der Waals surface area contributed by atoms with Gasteiger partial charge in [-0.25, -0.2) is 9.25 Å². The molecule has 0 radical (unpaired) electrons. The number of aromatic nitrogens is 4. The van der Waals surface area contributed by atoms with E-state index in [1.807, 2.05) is 0 Å². The van der Waals surface area contributed by atoms with Gasteiger partial charge in [-0.15, -0.1) is 5.10 Å². The van der Waals surface area contributed by atoms with Crippen molar-refractivity contribution < 1.29 is 13.6 Å². The Balaban J connectivity index is 2.69. The molecular weight excluding hydrogens is 239 g/mol. The van der Waals surface area contributed by atoms with Crippen LogP contribution in [0.3, 0.4) is 0 Å². The maximum Gasteiger partial charge on any atom is 0.405 e. The third-order valence-corrected chi connectivity index (χ3v) is 3.62. The van der Waals surface area contributed by atoms with Crippen molar-refractivity contribution in [2.24, 2.45) is 7.05 Å². The van der Waals surface area contributed by atoms with Crippen LogP contribution in [0, 0.1) is 10.9 Å². The third kappa shape index (κ3) is 3.32. The van der Waals surface area contributed by atoms with Crippen molar-refractivity contribution in [1.82, 2.24) is 20.2 Å². The molecule has 15 heavy (non-hydrogen) atoms. The smallest absolute Gasteiger partial charge is 0.303 e. The van der Waals surface area contributed by atoms with Crippen LogP contribution in [0.1, 0.15) is 0 Å². The number of thioether (sulfide) groups is 1. The summed E-state index contributed by atoms with van der Waals surface area (Å²) in [5, 5.41) is 13.8. The van der Waals surface area contributed by atoms with E-state index < -0.39 is 7.60 Å². The van der Waals surface area contributed by atoms with Crippen molar-refractivity contribution in [2.75, 3.05) is 14.2 Å². The topological polar surface area (TPSA) is 79.1 Å². The first kappa shape index (κ1) is 12.2. The minimum absolute atomic E-state index is 0.501. The van der Waals surface area contributed by atoms with Crippen LogP contribution in [-0.4, -0.2) is 34.4 Å². The van der Waals surface area contributed by atoms with Gasteiger partial charge < -0.3 is 9.05 Å². The highest BCUT2D eigenvalue weighted by Crippen LogP contribution is 2.45. The number of hydrogen-bond acceptors (Lipinski definition) is 7. The van der Waals surface area contributed by atoms with E-state index in [0.717, 1.165) is 11.8 Å². The molecule has 1 aromatic rings. The number of hydrogen-bond donors (Lipinski definition) is 0. The standard InChI is InChI=1S/C6H9N4O3PS/c1-10-6(7-8-9-10)15-5-4-14(11,12-2)13-3/h1-3H3. The molecule has 0 aromatic carbocycles. The van der Waals surface area contributed by atoms with E-state index in [4.69, 9.17) is 0 Å². The number of tetrazole rings is 1. The van der Waals surface area contributed by atoms with Crippen LogP contribution in [0.25, 0.3) is 0 Å². The van der Waals surface area contributed by atoms with Gasteiger partial charge in [0.25, 0.3) is 0 Å². The van der Waals surface area contributed by atoms with Crippen LogP contribution in [0.15, 0.2) is 5.16 Å². The highest BCUT2D eigenvalue weighted by atomic mass is 32.2. The van der Waals surface area contributed by atoms with E-state index >= 15 is 0 Å². The summed E-state index contributed by atoms with van der Waals surface area (Å²) in [6.07, 6.45) is 0. The van der Waals surface area contributed by atoms with Gasteiger partial charge in [0.2, 0.25) is 5.16 Å². The zero-order valence-corrected chi connectivity index (χ0v) is 10.1. The molecular formula is C6H9N4O3PS. The highest BCUT2D eigenvalue weighted by Gasteiger charge is 2.16. The Labute approximate surface area is 91.1 Å². The van der Waals surface area contributed by atoms with E-state index in [1.165, 1.54) is 18.9 Å². The molecule has 7 nitrogen and oxygen atoms in total. The second-order valence-corrected chi connectivity index (χ2v) is 4.99. The first-order chi connectivity index (χ1) is 7.11. The molecule has 0 atom stereocenters. The summed E-state index contributed by atoms with van der Waals surface area (Å²) in [7, 11) is 0.945. The molecule has 1 heterocycles. The molecule has 0 unspecified atom stereocenters. The van der Waals surface area contributed by atoms with Crippen molar-refractivity contribution >= 4 is 19.4 Å². The Morgan fingerprint density at radius 1 is 1.47 bits per heavy atom. The number of aryl methyl sites for hydroxylation is 1. The predicted octanol–water partition coefficient (Wildman–Crippen LogP) is 0.706. The summed E-state index contributed by atoms with van der Waals surface area (Å²) in [5.74, 6) is 0. The molecule has 0 N–H and O–H groups in total. The molecule has 0 saturated carbocycles. The minimum Gasteiger partial charge on any atom is -0.303 e. The average Bonchev–Trinajstić information content (AvgIpc) is 2.64. The molecule has 0 spiro atoms. The Bertz CT molecular complexity index is 429. The largest absolute Gasteiger partial charge is 0.405 e. The van der Waals surface area contributed by atoms with Gasteiger partial charge in [-0.05, 0) is 15.7 Å². The minimum atomic E-state index is -3.27. The summed E-state index contributed by atoms with van der Waals surface area (Å²) < 4.78 is 22.2. The summed E-state index contributed by atoms with van der Waals surface area (Å²) in [5.41, 5.74) is 2.38. The van der Waals surface area contributed by atoms with Crippen LogP contribution < -0.4 is 0 Å². The van der Waals surface area contributed by atoms with Crippen LogP contribution in [-0.2, 0) is 20.7 Å². The molecule has 0 fully saturated rings. The Morgan fingerprint density at radius 2 is 2.13 bits per heavy atom. The van der Waals surface area contributed by atoms with Crippen molar-refractivity contribution in [2.45, 2.75) is 5.16 Å². The first-order valence-corrected chi connectivity index (χ1v) is 6.10. The maximum absolute atomic E-state index is 11.5. The summed E-state index contributed by atoms with van der Waals surface area (Å²) in [4.78, 5) is 0. The van der Waals surface area contributed by atoms with E-state index in [-0.39, 0.29) is 0 Å². The van der Waals surface area contributed by atoms with E-state index in [1.54, 1.807) is 7.05 Å². The molecule has 1 rings (SSSR count). The van der Waals surface area contributed by atoms with Crippen molar-refractivity contribution in [3.63, 3.8) is 0 Å². The monoisotopic (exact) mass is 248 g/mol. The summed E-state index contributed by atoms with van der Waals surface area (Å²) in [6, 6.07) is 0. The van der Waals surface area contributed by atoms with Gasteiger partial charge >= 0.3 is 7.60 Å². The number of rotatable bonds is 3. The molecule has 0 aliphatic heterocycles. The van der Waals surface area contributed by atoms with Gasteiger partial charge in [-0.1, -0.05) is 0 Å². The highest BCUT2D eigenvalue weighted by molar-refractivity contribution is 8.04. The maximum atomic E-state index is 11.5. The van der Waals surface area contributed by atoms with Crippen LogP contribution in [0.2, 0.25) is 0 Å².